The molecule has 62 heavy (non-hydrogen) atoms. The third kappa shape index (κ3) is 9.38. The monoisotopic (exact) mass is 858 g/mol. The first kappa shape index (κ1) is 43.6. The average molecular weight is 859 g/mol. The predicted molar refractivity (Wildman–Crippen MR) is 224 cm³/mol. The molecule has 2 aliphatic heterocycles. The van der Waals surface area contributed by atoms with Gasteiger partial charge in [0, 0.05) is 61.2 Å². The number of nitrogens with two attached hydrogens (primary N) is 1. The minimum absolute atomic E-state index is 0.00448. The summed E-state index contributed by atoms with van der Waals surface area (Å²) in [6.45, 7) is 4.74. The van der Waals surface area contributed by atoms with Gasteiger partial charge in [0.25, 0.3) is 11.8 Å². The van der Waals surface area contributed by atoms with E-state index in [1.54, 1.807) is 56.1 Å². The van der Waals surface area contributed by atoms with Crippen LogP contribution in [-0.2, 0) is 20.6 Å². The molecule has 0 bridgehead atoms. The Labute approximate surface area is 355 Å². The van der Waals surface area contributed by atoms with Gasteiger partial charge >= 0.3 is 6.18 Å². The summed E-state index contributed by atoms with van der Waals surface area (Å²) in [7, 11) is 3.30. The van der Waals surface area contributed by atoms with Gasteiger partial charge < -0.3 is 30.7 Å². The van der Waals surface area contributed by atoms with Crippen LogP contribution >= 0.6 is 0 Å². The highest BCUT2D eigenvalue weighted by Crippen LogP contribution is 2.47. The second kappa shape index (κ2) is 17.5. The molecule has 2 atom stereocenters. The van der Waals surface area contributed by atoms with Gasteiger partial charge in [0.2, 0.25) is 17.7 Å². The van der Waals surface area contributed by atoms with Crippen LogP contribution in [0.15, 0.2) is 48.5 Å². The van der Waals surface area contributed by atoms with E-state index in [1.807, 2.05) is 0 Å². The van der Waals surface area contributed by atoms with Crippen LogP contribution in [-0.4, -0.2) is 89.2 Å². The topological polar surface area (TPSA) is 198 Å². The summed E-state index contributed by atoms with van der Waals surface area (Å²) in [6.07, 6.45) is -0.279. The van der Waals surface area contributed by atoms with Gasteiger partial charge in [0.1, 0.15) is 17.7 Å². The fraction of sp³-hybridized carbons (Fsp3) is 0.432. The highest BCUT2D eigenvalue weighted by Gasteiger charge is 2.46. The lowest BCUT2D eigenvalue weighted by molar-refractivity contribution is -0.138. The van der Waals surface area contributed by atoms with E-state index in [4.69, 9.17) is 15.2 Å². The number of nitrogens with one attached hydrogen (secondary N) is 3. The molecule has 18 heteroatoms. The molecule has 1 unspecified atom stereocenters. The molecule has 1 aliphatic carbocycles. The lowest BCUT2D eigenvalue weighted by Gasteiger charge is -2.27. The summed E-state index contributed by atoms with van der Waals surface area (Å²) in [4.78, 5) is 75.6. The molecule has 1 saturated heterocycles. The Morgan fingerprint density at radius 2 is 1.82 bits per heavy atom. The Morgan fingerprint density at radius 1 is 1.05 bits per heavy atom. The van der Waals surface area contributed by atoms with Gasteiger partial charge in [0.05, 0.1) is 42.0 Å². The highest BCUT2D eigenvalue weighted by molar-refractivity contribution is 6.25. The molecule has 5 amide bonds. The van der Waals surface area contributed by atoms with Crippen LogP contribution in [0.1, 0.15) is 102 Å². The molecule has 0 radical (unpaired) electrons. The van der Waals surface area contributed by atoms with Crippen LogP contribution in [0.5, 0.6) is 11.5 Å². The van der Waals surface area contributed by atoms with Crippen LogP contribution in [0, 0.1) is 12.3 Å². The number of carbonyl (C=O) groups excluding carboxylic acids is 5. The summed E-state index contributed by atoms with van der Waals surface area (Å²) in [5, 5.41) is 9.26. The van der Waals surface area contributed by atoms with Crippen molar-refractivity contribution in [3.63, 3.8) is 0 Å². The van der Waals surface area contributed by atoms with Crippen LogP contribution in [0.4, 0.5) is 30.4 Å². The lowest BCUT2D eigenvalue weighted by Crippen LogP contribution is -2.54. The number of methoxy groups -OCH3 is 1. The maximum Gasteiger partial charge on any atom is 0.416 e. The molecule has 1 aromatic heterocycles. The second-order valence-electron chi connectivity index (χ2n) is 16.3. The first-order valence-electron chi connectivity index (χ1n) is 20.5. The van der Waals surface area contributed by atoms with Crippen LogP contribution in [0.25, 0.3) is 10.9 Å². The SMILES string of the molecule is COc1cc2nc(C)nc(N[C@H](C)c3cc(N)cc(C(F)(F)F)c3)c2cc1OCC1(CN(C)C(=O)CCCCCNc2cccc3c2C(=O)N(C2CCC(=O)NC2=O)C3=O)CC1. The number of unbranched alkanes of at least 4 members (excludes halogenated alkanes) is 2. The fourth-order valence-electron chi connectivity index (χ4n) is 8.01. The number of hydrogen-bond acceptors (Lipinski definition) is 12. The molecule has 15 nitrogen and oxygen atoms in total. The summed E-state index contributed by atoms with van der Waals surface area (Å²) in [6, 6.07) is 10.2. The van der Waals surface area contributed by atoms with E-state index >= 15 is 0 Å². The van der Waals surface area contributed by atoms with E-state index in [-0.39, 0.29) is 41.0 Å². The van der Waals surface area contributed by atoms with Gasteiger partial charge in [-0.25, -0.2) is 9.97 Å². The first-order chi connectivity index (χ1) is 29.5. The number of imide groups is 2. The molecule has 1 saturated carbocycles. The maximum atomic E-state index is 13.5. The number of halogens is 3. The van der Waals surface area contributed by atoms with Crippen molar-refractivity contribution in [2.75, 3.05) is 50.2 Å². The third-order valence-electron chi connectivity index (χ3n) is 11.6. The lowest BCUT2D eigenvalue weighted by atomic mass is 10.0. The zero-order valence-electron chi connectivity index (χ0n) is 34.9. The fourth-order valence-corrected chi connectivity index (χ4v) is 8.01. The standard InChI is InChI=1S/C44H49F3N8O7/c1-24(26-17-27(44(45,46)47)19-28(48)18-26)50-39-30-20-35(34(61-4)21-32(30)51-25(2)52-39)62-23-43(14-15-43)22-54(3)37(57)11-6-5-7-16-49-31-10-8-9-29-38(31)42(60)55(41(29)59)33-12-13-36(56)53-40(33)58/h8-10,17-21,24,33,49H,5-7,11-16,22-23,48H2,1-4H3,(H,50,51,52)(H,53,56,58)/t24-,33?/m1/s1. The van der Waals surface area contributed by atoms with Crippen molar-refractivity contribution in [2.24, 2.45) is 5.41 Å². The van der Waals surface area contributed by atoms with Crippen molar-refractivity contribution >= 4 is 57.6 Å². The van der Waals surface area contributed by atoms with Crippen molar-refractivity contribution in [1.29, 1.82) is 0 Å². The molecule has 5 N–H and O–H groups in total. The first-order valence-corrected chi connectivity index (χ1v) is 20.5. The quantitative estimate of drug-likeness (QED) is 0.0518. The number of piperidine rings is 1. The Balaban J connectivity index is 0.905. The molecule has 2 fully saturated rings. The molecule has 4 aromatic rings. The van der Waals surface area contributed by atoms with Crippen molar-refractivity contribution in [3.05, 3.63) is 76.6 Å². The van der Waals surface area contributed by atoms with Crippen LogP contribution < -0.4 is 31.2 Å². The molecule has 3 aliphatic rings. The zero-order chi connectivity index (χ0) is 44.5. The van der Waals surface area contributed by atoms with Crippen molar-refractivity contribution in [1.82, 2.24) is 25.1 Å². The Morgan fingerprint density at radius 3 is 2.53 bits per heavy atom. The van der Waals surface area contributed by atoms with Gasteiger partial charge in [-0.2, -0.15) is 13.2 Å². The Kier molecular flexibility index (Phi) is 12.3. The summed E-state index contributed by atoms with van der Waals surface area (Å²) < 4.78 is 52.7. The number of nitrogens with zero attached hydrogens (tertiary/aromatic N) is 4. The van der Waals surface area contributed by atoms with E-state index in [2.05, 4.69) is 25.9 Å². The maximum absolute atomic E-state index is 13.5. The number of nitrogen functional groups attached to an aromatic ring is 1. The third-order valence-corrected chi connectivity index (χ3v) is 11.6. The van der Waals surface area contributed by atoms with Crippen molar-refractivity contribution in [2.45, 2.75) is 83.5 Å². The van der Waals surface area contributed by atoms with E-state index in [9.17, 15) is 37.1 Å². The smallest absolute Gasteiger partial charge is 0.416 e. The average Bonchev–Trinajstić information content (AvgIpc) is 3.94. The summed E-state index contributed by atoms with van der Waals surface area (Å²) in [5.41, 5.74) is 6.52. The zero-order valence-corrected chi connectivity index (χ0v) is 34.9. The molecular weight excluding hydrogens is 810 g/mol. The minimum Gasteiger partial charge on any atom is -0.493 e. The van der Waals surface area contributed by atoms with Gasteiger partial charge in [-0.1, -0.05) is 12.5 Å². The number of alkyl halides is 3. The van der Waals surface area contributed by atoms with Gasteiger partial charge in [0.15, 0.2) is 11.5 Å². The molecule has 328 valence electrons. The molecule has 3 heterocycles. The highest BCUT2D eigenvalue weighted by atomic mass is 19.4. The van der Waals surface area contributed by atoms with Crippen molar-refractivity contribution in [3.8, 4) is 11.5 Å². The minimum atomic E-state index is -4.56. The number of hydrogen-bond donors (Lipinski definition) is 4. The van der Waals surface area contributed by atoms with Crippen molar-refractivity contribution < 1.29 is 46.6 Å². The molecule has 0 spiro atoms. The van der Waals surface area contributed by atoms with Gasteiger partial charge in [-0.3, -0.25) is 34.2 Å². The van der Waals surface area contributed by atoms with Crippen LogP contribution in [0.2, 0.25) is 0 Å². The van der Waals surface area contributed by atoms with E-state index in [1.165, 1.54) is 13.2 Å². The number of carbonyl (C=O) groups is 5. The number of aromatic nitrogens is 2. The van der Waals surface area contributed by atoms with Crippen LogP contribution in [0.3, 0.4) is 0 Å². The number of rotatable bonds is 17. The van der Waals surface area contributed by atoms with Gasteiger partial charge in [-0.15, -0.1) is 0 Å². The normalized spacial score (nSPS) is 17.4. The number of fused-ring (bicyclic) bond motifs is 2. The largest absolute Gasteiger partial charge is 0.493 e. The van der Waals surface area contributed by atoms with E-state index < -0.39 is 47.5 Å². The predicted octanol–water partition coefficient (Wildman–Crippen LogP) is 6.41. The van der Waals surface area contributed by atoms with Gasteiger partial charge in [-0.05, 0) is 87.9 Å². The Bertz CT molecular complexity index is 2440. The second-order valence-corrected chi connectivity index (χ2v) is 16.3. The molecular formula is C44H49F3N8O7. The number of amides is 5. The summed E-state index contributed by atoms with van der Waals surface area (Å²) >= 11 is 0. The Hall–Kier alpha value is -6.46. The molecule has 7 rings (SSSR count). The van der Waals surface area contributed by atoms with E-state index in [0.29, 0.717) is 84.3 Å². The van der Waals surface area contributed by atoms with E-state index in [0.717, 1.165) is 36.3 Å². The number of aryl methyl sites for hydroxylation is 1. The number of anilines is 3. The number of benzene rings is 3. The number of ether oxygens (including phenoxy) is 2. The molecule has 3 aromatic carbocycles. The summed E-state index contributed by atoms with van der Waals surface area (Å²) in [5.74, 6) is -0.506.